The Hall–Kier alpha value is -0.120. The van der Waals surface area contributed by atoms with Gasteiger partial charge in [0.15, 0.2) is 0 Å². The van der Waals surface area contributed by atoms with Crippen LogP contribution in [0.4, 0.5) is 0 Å². The maximum absolute atomic E-state index is 13.0. The van der Waals surface area contributed by atoms with Crippen LogP contribution in [0.3, 0.4) is 0 Å². The summed E-state index contributed by atoms with van der Waals surface area (Å²) in [5.41, 5.74) is 9.48. The molecule has 11 nitrogen and oxygen atoms in total. The van der Waals surface area contributed by atoms with Gasteiger partial charge in [0.25, 0.3) is 5.91 Å². The number of amides is 3. The lowest BCUT2D eigenvalue weighted by Crippen LogP contribution is -2.60. The SMILES string of the molecule is CN(C(=O)CO)C1=C(I)C(CC(O)CO)(C(N)=O)C(I)(CC(O)CO)C(C(N)=O)=C1I. The highest BCUT2D eigenvalue weighted by Gasteiger charge is 2.64. The standard InChI is InChI=1S/C17H24I3N3O8/c1-23(9(29)6-26)12-11(18)10(14(21)30)17(20,3-8(28)5-25)16(13(12)19,15(22)31)2-7(27)4-24/h7-8,24-28H,2-6H2,1H3,(H2,21,30)(H2,22,31). The minimum Gasteiger partial charge on any atom is -0.394 e. The number of alkyl halides is 1. The van der Waals surface area contributed by atoms with Gasteiger partial charge in [-0.3, -0.25) is 14.4 Å². The minimum atomic E-state index is -1.91. The first kappa shape index (κ1) is 28.9. The van der Waals surface area contributed by atoms with Gasteiger partial charge >= 0.3 is 0 Å². The van der Waals surface area contributed by atoms with Crippen LogP contribution in [0.5, 0.6) is 0 Å². The molecule has 0 spiro atoms. The molecule has 176 valence electrons. The molecule has 3 amide bonds. The Morgan fingerprint density at radius 1 is 1.03 bits per heavy atom. The molecule has 1 aliphatic rings. The van der Waals surface area contributed by atoms with Crippen LogP contribution in [0, 0.1) is 5.41 Å². The Balaban J connectivity index is 4.16. The molecule has 0 fully saturated rings. The van der Waals surface area contributed by atoms with E-state index < -0.39 is 65.0 Å². The van der Waals surface area contributed by atoms with Gasteiger partial charge in [-0.2, -0.15) is 0 Å². The molecule has 1 rings (SSSR count). The van der Waals surface area contributed by atoms with Gasteiger partial charge < -0.3 is 41.9 Å². The summed E-state index contributed by atoms with van der Waals surface area (Å²) in [5, 5.41) is 48.7. The van der Waals surface area contributed by atoms with E-state index in [1.807, 2.05) is 0 Å². The quantitative estimate of drug-likeness (QED) is 0.101. The Bertz CT molecular complexity index is 820. The van der Waals surface area contributed by atoms with Gasteiger partial charge in [0, 0.05) is 19.8 Å². The van der Waals surface area contributed by atoms with E-state index in [9.17, 15) is 39.9 Å². The molecule has 0 aromatic heterocycles. The number of likely N-dealkylation sites (N-methyl/N-ethyl adjacent to an activating group) is 1. The number of allylic oxidation sites excluding steroid dienone is 1. The third kappa shape index (κ3) is 5.19. The third-order valence-electron chi connectivity index (χ3n) is 5.07. The van der Waals surface area contributed by atoms with E-state index in [0.717, 1.165) is 4.90 Å². The number of hydrogen-bond donors (Lipinski definition) is 7. The van der Waals surface area contributed by atoms with Crippen molar-refractivity contribution in [2.24, 2.45) is 16.9 Å². The van der Waals surface area contributed by atoms with E-state index >= 15 is 0 Å². The van der Waals surface area contributed by atoms with Crippen molar-refractivity contribution >= 4 is 85.5 Å². The molecule has 0 saturated carbocycles. The van der Waals surface area contributed by atoms with E-state index in [0.29, 0.717) is 0 Å². The number of rotatable bonds is 10. The first-order valence-corrected chi connectivity index (χ1v) is 12.0. The molecule has 0 heterocycles. The van der Waals surface area contributed by atoms with E-state index in [-0.39, 0.29) is 24.9 Å². The summed E-state index contributed by atoms with van der Waals surface area (Å²) in [7, 11) is 1.32. The molecular weight excluding hydrogens is 755 g/mol. The van der Waals surface area contributed by atoms with Gasteiger partial charge in [-0.15, -0.1) is 0 Å². The fourth-order valence-corrected chi connectivity index (χ4v) is 9.83. The van der Waals surface area contributed by atoms with Gasteiger partial charge in [0.2, 0.25) is 11.8 Å². The van der Waals surface area contributed by atoms with Crippen molar-refractivity contribution in [3.05, 3.63) is 18.4 Å². The fourth-order valence-electron chi connectivity index (χ4n) is 3.55. The van der Waals surface area contributed by atoms with Crippen LogP contribution in [-0.2, 0) is 14.4 Å². The van der Waals surface area contributed by atoms with Crippen molar-refractivity contribution in [1.82, 2.24) is 4.90 Å². The molecule has 0 saturated heterocycles. The second-order valence-electron chi connectivity index (χ2n) is 6.98. The molecule has 9 N–H and O–H groups in total. The summed E-state index contributed by atoms with van der Waals surface area (Å²) in [5.74, 6) is -2.73. The Morgan fingerprint density at radius 3 is 1.90 bits per heavy atom. The van der Waals surface area contributed by atoms with Crippen molar-refractivity contribution in [2.45, 2.75) is 28.5 Å². The number of hydrogen-bond acceptors (Lipinski definition) is 8. The lowest BCUT2D eigenvalue weighted by atomic mass is 9.62. The predicted molar refractivity (Wildman–Crippen MR) is 135 cm³/mol. The summed E-state index contributed by atoms with van der Waals surface area (Å²) >= 11 is 5.29. The van der Waals surface area contributed by atoms with Crippen LogP contribution >= 0.6 is 67.8 Å². The Morgan fingerprint density at radius 2 is 1.52 bits per heavy atom. The first-order valence-electron chi connectivity index (χ1n) is 8.81. The van der Waals surface area contributed by atoms with Crippen molar-refractivity contribution < 1.29 is 39.9 Å². The fraction of sp³-hybridized carbons (Fsp3) is 0.588. The number of carbonyl (C=O) groups is 3. The van der Waals surface area contributed by atoms with Crippen LogP contribution in [0.25, 0.3) is 0 Å². The maximum atomic E-state index is 13.0. The summed E-state index contributed by atoms with van der Waals surface area (Å²) < 4.78 is -1.34. The van der Waals surface area contributed by atoms with Crippen molar-refractivity contribution in [2.75, 3.05) is 26.9 Å². The molecular formula is C17H24I3N3O8. The zero-order valence-corrected chi connectivity index (χ0v) is 22.9. The van der Waals surface area contributed by atoms with Crippen LogP contribution in [0.2, 0.25) is 0 Å². The summed E-state index contributed by atoms with van der Waals surface area (Å²) in [6, 6.07) is 0. The van der Waals surface area contributed by atoms with Crippen molar-refractivity contribution in [3.8, 4) is 0 Å². The molecule has 0 aliphatic heterocycles. The van der Waals surface area contributed by atoms with Gasteiger partial charge in [-0.1, -0.05) is 22.6 Å². The van der Waals surface area contributed by atoms with Gasteiger partial charge in [-0.05, 0) is 58.0 Å². The van der Waals surface area contributed by atoms with E-state index in [1.165, 1.54) is 7.05 Å². The largest absolute Gasteiger partial charge is 0.394 e. The second-order valence-corrected chi connectivity index (χ2v) is 11.0. The van der Waals surface area contributed by atoms with Crippen LogP contribution < -0.4 is 11.5 Å². The minimum absolute atomic E-state index is 0.0729. The highest BCUT2D eigenvalue weighted by Crippen LogP contribution is 2.62. The van der Waals surface area contributed by atoms with Gasteiger partial charge in [-0.25, -0.2) is 0 Å². The number of nitrogens with zero attached hydrogens (tertiary/aromatic N) is 1. The monoisotopic (exact) mass is 779 g/mol. The Kier molecular flexibility index (Phi) is 10.6. The topological polar surface area (TPSA) is 208 Å². The van der Waals surface area contributed by atoms with Crippen LogP contribution in [-0.4, -0.2) is 90.7 Å². The van der Waals surface area contributed by atoms with Crippen LogP contribution in [0.15, 0.2) is 18.4 Å². The average molecular weight is 779 g/mol. The molecule has 4 atom stereocenters. The first-order chi connectivity index (χ1) is 14.3. The number of primary amides is 2. The molecule has 0 radical (unpaired) electrons. The summed E-state index contributed by atoms with van der Waals surface area (Å²) in [6.07, 6.45) is -3.66. The number of halogens is 3. The van der Waals surface area contributed by atoms with Crippen LogP contribution in [0.1, 0.15) is 12.8 Å². The predicted octanol–water partition coefficient (Wildman–Crippen LogP) is -1.60. The number of aliphatic hydroxyl groups excluding tert-OH is 5. The summed E-state index contributed by atoms with van der Waals surface area (Å²) in [6.45, 7) is -2.29. The summed E-state index contributed by atoms with van der Waals surface area (Å²) in [4.78, 5) is 38.9. The molecule has 0 aromatic rings. The number of aliphatic hydroxyl groups is 5. The van der Waals surface area contributed by atoms with Crippen molar-refractivity contribution in [3.63, 3.8) is 0 Å². The Labute approximate surface area is 219 Å². The molecule has 31 heavy (non-hydrogen) atoms. The van der Waals surface area contributed by atoms with E-state index in [4.69, 9.17) is 11.5 Å². The normalized spacial score (nSPS) is 26.0. The third-order valence-corrected chi connectivity index (χ3v) is 9.46. The average Bonchev–Trinajstić information content (AvgIpc) is 2.69. The second kappa shape index (κ2) is 11.3. The molecule has 4 unspecified atom stereocenters. The smallest absolute Gasteiger partial charge is 0.252 e. The molecule has 0 bridgehead atoms. The molecule has 1 aliphatic carbocycles. The van der Waals surface area contributed by atoms with Crippen molar-refractivity contribution in [1.29, 1.82) is 0 Å². The highest BCUT2D eigenvalue weighted by molar-refractivity contribution is 14.1. The molecule has 0 aromatic carbocycles. The number of nitrogens with two attached hydrogens (primary N) is 2. The molecule has 14 heteroatoms. The zero-order chi connectivity index (χ0) is 24.3. The zero-order valence-electron chi connectivity index (χ0n) is 16.4. The van der Waals surface area contributed by atoms with Gasteiger partial charge in [0.05, 0.1) is 34.5 Å². The van der Waals surface area contributed by atoms with E-state index in [2.05, 4.69) is 0 Å². The maximum Gasteiger partial charge on any atom is 0.252 e. The van der Waals surface area contributed by atoms with Gasteiger partial charge in [0.1, 0.15) is 12.0 Å². The lowest BCUT2D eigenvalue weighted by Gasteiger charge is -2.51. The highest BCUT2D eigenvalue weighted by atomic mass is 127. The number of carbonyl (C=O) groups excluding carboxylic acids is 3. The van der Waals surface area contributed by atoms with E-state index in [1.54, 1.807) is 67.8 Å². The lowest BCUT2D eigenvalue weighted by molar-refractivity contribution is -0.132.